The fraction of sp³-hybridized carbons (Fsp3) is 0.263. The molecule has 0 unspecified atom stereocenters. The summed E-state index contributed by atoms with van der Waals surface area (Å²) in [5, 5.41) is 5.40. The van der Waals surface area contributed by atoms with E-state index in [1.54, 1.807) is 48.5 Å². The van der Waals surface area contributed by atoms with Crippen LogP contribution in [0.15, 0.2) is 54.6 Å². The largest absolute Gasteiger partial charge is 0.326 e. The highest BCUT2D eigenvalue weighted by Gasteiger charge is 2.17. The minimum atomic E-state index is -3.43. The molecule has 0 spiro atoms. The van der Waals surface area contributed by atoms with Gasteiger partial charge in [-0.05, 0) is 36.8 Å². The van der Waals surface area contributed by atoms with Crippen molar-refractivity contribution in [1.82, 2.24) is 0 Å². The van der Waals surface area contributed by atoms with Gasteiger partial charge in [-0.1, -0.05) is 24.3 Å². The van der Waals surface area contributed by atoms with Crippen molar-refractivity contribution in [1.29, 1.82) is 0 Å². The molecule has 2 amide bonds. The van der Waals surface area contributed by atoms with Crippen LogP contribution in [0, 0.1) is 0 Å². The maximum Gasteiger partial charge on any atom is 0.232 e. The Morgan fingerprint density at radius 2 is 1.59 bits per heavy atom. The summed E-state index contributed by atoms with van der Waals surface area (Å²) in [5.74, 6) is -0.420. The first-order valence-electron chi connectivity index (χ1n) is 8.46. The summed E-state index contributed by atoms with van der Waals surface area (Å²) < 4.78 is 25.3. The number of anilines is 3. The van der Waals surface area contributed by atoms with Gasteiger partial charge in [0.2, 0.25) is 21.8 Å². The standard InChI is InChI=1S/C19H23N3O4S/c1-15(23)20-16-8-6-9-17(14-16)21-19(24)12-7-13-22(27(2,25)26)18-10-4-3-5-11-18/h3-6,8-11,14H,7,12-13H2,1-2H3,(H,20,23)(H,21,24). The minimum absolute atomic E-state index is 0.170. The van der Waals surface area contributed by atoms with Gasteiger partial charge in [0.1, 0.15) is 0 Å². The van der Waals surface area contributed by atoms with Crippen LogP contribution >= 0.6 is 0 Å². The first-order valence-corrected chi connectivity index (χ1v) is 10.3. The predicted molar refractivity (Wildman–Crippen MR) is 107 cm³/mol. The lowest BCUT2D eigenvalue weighted by Crippen LogP contribution is -2.31. The fourth-order valence-corrected chi connectivity index (χ4v) is 3.53. The molecule has 0 aliphatic rings. The molecule has 2 rings (SSSR count). The summed E-state index contributed by atoms with van der Waals surface area (Å²) in [6.07, 6.45) is 1.69. The van der Waals surface area contributed by atoms with E-state index >= 15 is 0 Å². The number of para-hydroxylation sites is 1. The van der Waals surface area contributed by atoms with Crippen molar-refractivity contribution >= 4 is 38.9 Å². The Labute approximate surface area is 159 Å². The molecule has 0 atom stereocenters. The van der Waals surface area contributed by atoms with Gasteiger partial charge in [-0.3, -0.25) is 13.9 Å². The number of amides is 2. The van der Waals surface area contributed by atoms with E-state index in [0.717, 1.165) is 6.26 Å². The highest BCUT2D eigenvalue weighted by molar-refractivity contribution is 7.92. The number of nitrogens with one attached hydrogen (secondary N) is 2. The number of carbonyl (C=O) groups is 2. The first-order chi connectivity index (χ1) is 12.8. The van der Waals surface area contributed by atoms with Crippen molar-refractivity contribution in [3.05, 3.63) is 54.6 Å². The lowest BCUT2D eigenvalue weighted by atomic mass is 10.2. The molecule has 2 aromatic rings. The van der Waals surface area contributed by atoms with Crippen LogP contribution in [0.3, 0.4) is 0 Å². The third kappa shape index (κ3) is 6.74. The maximum atomic E-state index is 12.1. The van der Waals surface area contributed by atoms with Gasteiger partial charge in [-0.2, -0.15) is 0 Å². The molecular formula is C19H23N3O4S. The van der Waals surface area contributed by atoms with Crippen molar-refractivity contribution < 1.29 is 18.0 Å². The zero-order valence-electron chi connectivity index (χ0n) is 15.3. The minimum Gasteiger partial charge on any atom is -0.326 e. The molecule has 8 heteroatoms. The lowest BCUT2D eigenvalue weighted by molar-refractivity contribution is -0.116. The van der Waals surface area contributed by atoms with Crippen LogP contribution in [0.1, 0.15) is 19.8 Å². The number of hydrogen-bond donors (Lipinski definition) is 2. The second-order valence-electron chi connectivity index (χ2n) is 6.08. The summed E-state index contributed by atoms with van der Waals surface area (Å²) in [4.78, 5) is 23.2. The molecule has 144 valence electrons. The zero-order valence-corrected chi connectivity index (χ0v) is 16.1. The van der Waals surface area contributed by atoms with Crippen LogP contribution in [0.25, 0.3) is 0 Å². The first kappa shape index (κ1) is 20.4. The van der Waals surface area contributed by atoms with Gasteiger partial charge in [-0.15, -0.1) is 0 Å². The zero-order chi connectivity index (χ0) is 19.9. The Morgan fingerprint density at radius 3 is 2.19 bits per heavy atom. The third-order valence-corrected chi connectivity index (χ3v) is 4.87. The van der Waals surface area contributed by atoms with Crippen LogP contribution in [0.5, 0.6) is 0 Å². The van der Waals surface area contributed by atoms with Gasteiger partial charge >= 0.3 is 0 Å². The Bertz CT molecular complexity index is 898. The monoisotopic (exact) mass is 389 g/mol. The number of sulfonamides is 1. The molecule has 0 saturated carbocycles. The fourth-order valence-electron chi connectivity index (χ4n) is 2.57. The Balaban J connectivity index is 1.92. The van der Waals surface area contributed by atoms with Crippen LogP contribution < -0.4 is 14.9 Å². The van der Waals surface area contributed by atoms with Gasteiger partial charge in [0, 0.05) is 31.3 Å². The number of carbonyl (C=O) groups excluding carboxylic acids is 2. The summed E-state index contributed by atoms with van der Waals surface area (Å²) >= 11 is 0. The van der Waals surface area contributed by atoms with Gasteiger partial charge in [0.15, 0.2) is 0 Å². The van der Waals surface area contributed by atoms with E-state index in [4.69, 9.17) is 0 Å². The van der Waals surface area contributed by atoms with Crippen molar-refractivity contribution in [3.63, 3.8) is 0 Å². The summed E-state index contributed by atoms with van der Waals surface area (Å²) in [7, 11) is -3.43. The van der Waals surface area contributed by atoms with E-state index in [2.05, 4.69) is 10.6 Å². The smallest absolute Gasteiger partial charge is 0.232 e. The SMILES string of the molecule is CC(=O)Nc1cccc(NC(=O)CCCN(c2ccccc2)S(C)(=O)=O)c1. The second kappa shape index (κ2) is 9.18. The molecule has 0 aliphatic heterocycles. The van der Waals surface area contributed by atoms with E-state index in [-0.39, 0.29) is 24.8 Å². The van der Waals surface area contributed by atoms with E-state index in [1.165, 1.54) is 11.2 Å². The summed E-state index contributed by atoms with van der Waals surface area (Å²) in [5.41, 5.74) is 1.73. The summed E-state index contributed by atoms with van der Waals surface area (Å²) in [6.45, 7) is 1.62. The molecule has 0 saturated heterocycles. The second-order valence-corrected chi connectivity index (χ2v) is 7.99. The average molecular weight is 389 g/mol. The maximum absolute atomic E-state index is 12.1. The molecule has 0 aromatic heterocycles. The molecule has 7 nitrogen and oxygen atoms in total. The van der Waals surface area contributed by atoms with E-state index in [9.17, 15) is 18.0 Å². The molecule has 0 radical (unpaired) electrons. The quantitative estimate of drug-likeness (QED) is 0.726. The van der Waals surface area contributed by atoms with E-state index < -0.39 is 10.0 Å². The molecule has 2 aromatic carbocycles. The molecule has 0 heterocycles. The van der Waals surface area contributed by atoms with Gasteiger partial charge < -0.3 is 10.6 Å². The Hall–Kier alpha value is -2.87. The highest BCUT2D eigenvalue weighted by atomic mass is 32.2. The Kier molecular flexibility index (Phi) is 6.95. The van der Waals surface area contributed by atoms with Gasteiger partial charge in [0.25, 0.3) is 0 Å². The van der Waals surface area contributed by atoms with Crippen molar-refractivity contribution in [2.45, 2.75) is 19.8 Å². The van der Waals surface area contributed by atoms with E-state index in [0.29, 0.717) is 23.5 Å². The molecule has 0 aliphatic carbocycles. The van der Waals surface area contributed by atoms with E-state index in [1.807, 2.05) is 6.07 Å². The van der Waals surface area contributed by atoms with Crippen LogP contribution in [0.4, 0.5) is 17.1 Å². The van der Waals surface area contributed by atoms with Crippen molar-refractivity contribution in [2.24, 2.45) is 0 Å². The van der Waals surface area contributed by atoms with Crippen molar-refractivity contribution in [3.8, 4) is 0 Å². The highest BCUT2D eigenvalue weighted by Crippen LogP contribution is 2.18. The molecule has 27 heavy (non-hydrogen) atoms. The summed E-state index contributed by atoms with van der Waals surface area (Å²) in [6, 6.07) is 15.6. The predicted octanol–water partition coefficient (Wildman–Crippen LogP) is 2.83. The van der Waals surface area contributed by atoms with Crippen LogP contribution in [0.2, 0.25) is 0 Å². The normalized spacial score (nSPS) is 10.9. The third-order valence-electron chi connectivity index (χ3n) is 3.68. The number of benzene rings is 2. The topological polar surface area (TPSA) is 95.6 Å². The molecular weight excluding hydrogens is 366 g/mol. The van der Waals surface area contributed by atoms with Crippen LogP contribution in [-0.2, 0) is 19.6 Å². The number of rotatable bonds is 8. The number of hydrogen-bond acceptors (Lipinski definition) is 4. The lowest BCUT2D eigenvalue weighted by Gasteiger charge is -2.22. The van der Waals surface area contributed by atoms with Crippen molar-refractivity contribution in [2.75, 3.05) is 27.7 Å². The number of nitrogens with zero attached hydrogens (tertiary/aromatic N) is 1. The Morgan fingerprint density at radius 1 is 0.963 bits per heavy atom. The molecule has 0 fully saturated rings. The van der Waals surface area contributed by atoms with Gasteiger partial charge in [0.05, 0.1) is 11.9 Å². The van der Waals surface area contributed by atoms with Gasteiger partial charge in [-0.25, -0.2) is 8.42 Å². The molecule has 2 N–H and O–H groups in total. The van der Waals surface area contributed by atoms with Crippen LogP contribution in [-0.4, -0.2) is 33.0 Å². The average Bonchev–Trinajstić information content (AvgIpc) is 2.58. The molecule has 0 bridgehead atoms.